The molecule has 2 heterocycles. The zero-order valence-electron chi connectivity index (χ0n) is 20.8. The van der Waals surface area contributed by atoms with Gasteiger partial charge >= 0.3 is 0 Å². The molecule has 3 aromatic rings. The molecule has 0 unspecified atom stereocenters. The summed E-state index contributed by atoms with van der Waals surface area (Å²) in [4.78, 5) is 27.5. The largest absolute Gasteiger partial charge is 0.489 e. The van der Waals surface area contributed by atoms with Gasteiger partial charge in [-0.15, -0.1) is 0 Å². The lowest BCUT2D eigenvalue weighted by molar-refractivity contribution is -0.129. The fraction of sp³-hybridized carbons (Fsp3) is 0.290. The Labute approximate surface area is 212 Å². The van der Waals surface area contributed by atoms with Crippen molar-refractivity contribution in [3.8, 4) is 11.5 Å². The van der Waals surface area contributed by atoms with E-state index in [-0.39, 0.29) is 11.7 Å². The third-order valence-electron chi connectivity index (χ3n) is 7.24. The van der Waals surface area contributed by atoms with E-state index in [4.69, 9.17) is 9.47 Å². The highest BCUT2D eigenvalue weighted by atomic mass is 16.5. The number of ketones is 1. The first-order valence-electron chi connectivity index (χ1n) is 12.5. The van der Waals surface area contributed by atoms with E-state index in [9.17, 15) is 9.59 Å². The number of aryl methyl sites for hydroxylation is 2. The van der Waals surface area contributed by atoms with Gasteiger partial charge in [-0.2, -0.15) is 0 Å². The van der Waals surface area contributed by atoms with Crippen molar-refractivity contribution in [1.29, 1.82) is 0 Å². The minimum Gasteiger partial charge on any atom is -0.489 e. The molecule has 0 atom stereocenters. The normalized spacial score (nSPS) is 16.6. The molecule has 2 aliphatic rings. The quantitative estimate of drug-likeness (QED) is 0.425. The van der Waals surface area contributed by atoms with E-state index in [0.29, 0.717) is 50.3 Å². The summed E-state index contributed by atoms with van der Waals surface area (Å²) in [5, 5.41) is 0. The van der Waals surface area contributed by atoms with Gasteiger partial charge in [-0.05, 0) is 66.4 Å². The number of piperidine rings is 1. The van der Waals surface area contributed by atoms with Gasteiger partial charge in [0.2, 0.25) is 5.91 Å². The van der Waals surface area contributed by atoms with Crippen molar-refractivity contribution < 1.29 is 19.1 Å². The Balaban J connectivity index is 1.15. The van der Waals surface area contributed by atoms with Crippen LogP contribution in [-0.2, 0) is 11.4 Å². The molecule has 0 aromatic heterocycles. The summed E-state index contributed by atoms with van der Waals surface area (Å²) >= 11 is 0. The summed E-state index contributed by atoms with van der Waals surface area (Å²) in [6.45, 7) is 5.71. The number of carbonyl (C=O) groups excluding carboxylic acids is 2. The summed E-state index contributed by atoms with van der Waals surface area (Å²) in [6.07, 6.45) is 5.12. The molecule has 2 aliphatic heterocycles. The second kappa shape index (κ2) is 10.0. The standard InChI is InChI=1S/C31H31NO4/c1-22-18-27-28(33)20-31(36-29(27)19-23(22)2)14-16-32(17-15-31)30(34)13-10-24-8-11-26(12-9-24)35-21-25-6-4-3-5-7-25/h3-13,18-19H,14-17,20-21H2,1-2H3/b13-10+. The van der Waals surface area contributed by atoms with Crippen LogP contribution in [-0.4, -0.2) is 35.3 Å². The highest BCUT2D eigenvalue weighted by Gasteiger charge is 2.43. The molecule has 184 valence electrons. The van der Waals surface area contributed by atoms with Gasteiger partial charge in [0.25, 0.3) is 0 Å². The van der Waals surface area contributed by atoms with Gasteiger partial charge in [0.1, 0.15) is 23.7 Å². The van der Waals surface area contributed by atoms with Crippen LogP contribution >= 0.6 is 0 Å². The average Bonchev–Trinajstić information content (AvgIpc) is 2.89. The maximum atomic E-state index is 12.9. The average molecular weight is 482 g/mol. The summed E-state index contributed by atoms with van der Waals surface area (Å²) in [7, 11) is 0. The van der Waals surface area contributed by atoms with Gasteiger partial charge in [0, 0.05) is 32.0 Å². The zero-order valence-corrected chi connectivity index (χ0v) is 20.8. The lowest BCUT2D eigenvalue weighted by atomic mass is 9.82. The molecule has 0 radical (unpaired) electrons. The molecule has 3 aromatic carbocycles. The molecule has 1 saturated heterocycles. The fourth-order valence-electron chi connectivity index (χ4n) is 4.85. The maximum absolute atomic E-state index is 12.9. The van der Waals surface area contributed by atoms with E-state index in [2.05, 4.69) is 0 Å². The highest BCUT2D eigenvalue weighted by molar-refractivity contribution is 6.00. The maximum Gasteiger partial charge on any atom is 0.246 e. The molecule has 0 aliphatic carbocycles. The molecule has 0 saturated carbocycles. The second-order valence-electron chi connectivity index (χ2n) is 9.82. The van der Waals surface area contributed by atoms with Gasteiger partial charge in [-0.1, -0.05) is 42.5 Å². The lowest BCUT2D eigenvalue weighted by Crippen LogP contribution is -2.52. The van der Waals surface area contributed by atoms with E-state index >= 15 is 0 Å². The molecule has 36 heavy (non-hydrogen) atoms. The van der Waals surface area contributed by atoms with Crippen LogP contribution in [0.4, 0.5) is 0 Å². The van der Waals surface area contributed by atoms with Crippen LogP contribution in [0.1, 0.15) is 51.9 Å². The monoisotopic (exact) mass is 481 g/mol. The van der Waals surface area contributed by atoms with Gasteiger partial charge in [0.15, 0.2) is 5.78 Å². The van der Waals surface area contributed by atoms with E-state index in [0.717, 1.165) is 28.0 Å². The molecule has 5 nitrogen and oxygen atoms in total. The number of amides is 1. The second-order valence-corrected chi connectivity index (χ2v) is 9.82. The number of hydrogen-bond donors (Lipinski definition) is 0. The third-order valence-corrected chi connectivity index (χ3v) is 7.24. The van der Waals surface area contributed by atoms with Crippen LogP contribution in [0.3, 0.4) is 0 Å². The van der Waals surface area contributed by atoms with Crippen molar-refractivity contribution >= 4 is 17.8 Å². The van der Waals surface area contributed by atoms with Gasteiger partial charge in [0.05, 0.1) is 12.0 Å². The Bertz CT molecular complexity index is 1290. The van der Waals surface area contributed by atoms with Crippen LogP contribution in [0.15, 0.2) is 72.8 Å². The molecular weight excluding hydrogens is 450 g/mol. The number of nitrogens with zero attached hydrogens (tertiary/aromatic N) is 1. The SMILES string of the molecule is Cc1cc2c(cc1C)C(=O)CC1(CCN(C(=O)/C=C/c3ccc(OCc4ccccc4)cc3)CC1)O2. The molecular formula is C31H31NO4. The summed E-state index contributed by atoms with van der Waals surface area (Å²) in [5.74, 6) is 1.58. The molecule has 5 rings (SSSR count). The third kappa shape index (κ3) is 5.20. The summed E-state index contributed by atoms with van der Waals surface area (Å²) in [5.41, 5.74) is 4.44. The Morgan fingerprint density at radius 3 is 2.42 bits per heavy atom. The van der Waals surface area contributed by atoms with E-state index in [1.54, 1.807) is 6.08 Å². The van der Waals surface area contributed by atoms with E-state index in [1.807, 2.05) is 91.6 Å². The van der Waals surface area contributed by atoms with Gasteiger partial charge in [-0.25, -0.2) is 0 Å². The number of carbonyl (C=O) groups is 2. The number of rotatable bonds is 5. The first kappa shape index (κ1) is 23.9. The summed E-state index contributed by atoms with van der Waals surface area (Å²) in [6, 6.07) is 21.7. The van der Waals surface area contributed by atoms with Crippen molar-refractivity contribution in [3.63, 3.8) is 0 Å². The van der Waals surface area contributed by atoms with Crippen molar-refractivity contribution in [2.75, 3.05) is 13.1 Å². The first-order chi connectivity index (χ1) is 17.4. The number of Topliss-reactive ketones (excluding diaryl/α,β-unsaturated/α-hetero) is 1. The zero-order chi connectivity index (χ0) is 25.1. The first-order valence-corrected chi connectivity index (χ1v) is 12.5. The molecule has 1 fully saturated rings. The molecule has 5 heteroatoms. The number of hydrogen-bond acceptors (Lipinski definition) is 4. The predicted octanol–water partition coefficient (Wildman–Crippen LogP) is 5.92. The van der Waals surface area contributed by atoms with Crippen molar-refractivity contribution in [3.05, 3.63) is 101 Å². The minimum atomic E-state index is -0.512. The van der Waals surface area contributed by atoms with E-state index in [1.165, 1.54) is 0 Å². The number of fused-ring (bicyclic) bond motifs is 1. The van der Waals surface area contributed by atoms with Crippen molar-refractivity contribution in [1.82, 2.24) is 4.90 Å². The Kier molecular flexibility index (Phi) is 6.64. The van der Waals surface area contributed by atoms with Crippen LogP contribution in [0.5, 0.6) is 11.5 Å². The van der Waals surface area contributed by atoms with Crippen molar-refractivity contribution in [2.45, 2.75) is 45.3 Å². The molecule has 0 N–H and O–H groups in total. The highest BCUT2D eigenvalue weighted by Crippen LogP contribution is 2.40. The fourth-order valence-corrected chi connectivity index (χ4v) is 4.85. The van der Waals surface area contributed by atoms with Gasteiger partial charge in [-0.3, -0.25) is 9.59 Å². The Morgan fingerprint density at radius 2 is 1.69 bits per heavy atom. The van der Waals surface area contributed by atoms with Crippen LogP contribution in [0.2, 0.25) is 0 Å². The molecule has 1 amide bonds. The number of ether oxygens (including phenoxy) is 2. The molecule has 1 spiro atoms. The minimum absolute atomic E-state index is 0.0248. The topological polar surface area (TPSA) is 55.8 Å². The Morgan fingerprint density at radius 1 is 1.00 bits per heavy atom. The van der Waals surface area contributed by atoms with Crippen molar-refractivity contribution in [2.24, 2.45) is 0 Å². The van der Waals surface area contributed by atoms with E-state index < -0.39 is 5.60 Å². The predicted molar refractivity (Wildman–Crippen MR) is 140 cm³/mol. The van der Waals surface area contributed by atoms with Gasteiger partial charge < -0.3 is 14.4 Å². The van der Waals surface area contributed by atoms with Crippen LogP contribution < -0.4 is 9.47 Å². The Hall–Kier alpha value is -3.86. The smallest absolute Gasteiger partial charge is 0.246 e. The number of benzene rings is 3. The lowest BCUT2D eigenvalue weighted by Gasteiger charge is -2.44. The van der Waals surface area contributed by atoms with Crippen LogP contribution in [0.25, 0.3) is 6.08 Å². The molecule has 0 bridgehead atoms. The van der Waals surface area contributed by atoms with Crippen LogP contribution in [0, 0.1) is 13.8 Å². The summed E-state index contributed by atoms with van der Waals surface area (Å²) < 4.78 is 12.2. The number of likely N-dealkylation sites (tertiary alicyclic amines) is 1.